The Kier molecular flexibility index (Phi) is 10.1. The van der Waals surface area contributed by atoms with Gasteiger partial charge in [0.1, 0.15) is 0 Å². The molecule has 0 fully saturated rings. The van der Waals surface area contributed by atoms with E-state index in [1.807, 2.05) is 0 Å². The Balaban J connectivity index is 0. The molecule has 82 valence electrons. The summed E-state index contributed by atoms with van der Waals surface area (Å²) in [7, 11) is 0.500. The van der Waals surface area contributed by atoms with Crippen molar-refractivity contribution < 1.29 is 4.39 Å². The molecule has 0 atom stereocenters. The van der Waals surface area contributed by atoms with Crippen LogP contribution in [0.3, 0.4) is 0 Å². The molecule has 0 aliphatic rings. The fraction of sp³-hybridized carbons (Fsp3) is 1.00. The van der Waals surface area contributed by atoms with Gasteiger partial charge in [0.15, 0.2) is 0 Å². The minimum absolute atomic E-state index is 0.500. The number of hydrogen-bond acceptors (Lipinski definition) is 0. The van der Waals surface area contributed by atoms with Crippen molar-refractivity contribution >= 4 is 0 Å². The lowest BCUT2D eigenvalue weighted by atomic mass is 9.89. The molecule has 0 nitrogen and oxygen atoms in total. The second kappa shape index (κ2) is 8.52. The van der Waals surface area contributed by atoms with Crippen molar-refractivity contribution in [1.29, 1.82) is 0 Å². The maximum absolute atomic E-state index is 9.50. The fourth-order valence-electron chi connectivity index (χ4n) is 1.21. The van der Waals surface area contributed by atoms with Gasteiger partial charge in [0, 0.05) is 0 Å². The molecule has 0 heterocycles. The van der Waals surface area contributed by atoms with Gasteiger partial charge in [0.25, 0.3) is 0 Å². The largest absolute Gasteiger partial charge is 0.255 e. The maximum atomic E-state index is 9.50. The Bertz CT molecular complexity index is 89.8. The molecule has 1 heteroatoms. The van der Waals surface area contributed by atoms with E-state index in [9.17, 15) is 4.39 Å². The summed E-state index contributed by atoms with van der Waals surface area (Å²) in [6.07, 6.45) is 5.59. The van der Waals surface area contributed by atoms with Gasteiger partial charge in [-0.25, -0.2) is 0 Å². The van der Waals surface area contributed by atoms with Crippen LogP contribution in [0.4, 0.5) is 4.39 Å². The molecule has 0 aromatic heterocycles. The number of hydrogen-bond donors (Lipinski definition) is 0. The first kappa shape index (κ1) is 15.4. The fourth-order valence-corrected chi connectivity index (χ4v) is 1.21. The van der Waals surface area contributed by atoms with E-state index in [1.54, 1.807) is 0 Å². The minimum atomic E-state index is 0.500. The number of rotatable bonds is 4. The highest BCUT2D eigenvalue weighted by Gasteiger charge is 2.08. The highest BCUT2D eigenvalue weighted by atomic mass is 19.1. The van der Waals surface area contributed by atoms with Crippen LogP contribution >= 0.6 is 0 Å². The molecule has 0 radical (unpaired) electrons. The average Bonchev–Trinajstić information content (AvgIpc) is 2.00. The van der Waals surface area contributed by atoms with Gasteiger partial charge in [-0.3, -0.25) is 4.39 Å². The van der Waals surface area contributed by atoms with Crippen molar-refractivity contribution in [3.8, 4) is 0 Å². The van der Waals surface area contributed by atoms with Gasteiger partial charge in [-0.05, 0) is 17.8 Å². The molecule has 0 unspecified atom stereocenters. The van der Waals surface area contributed by atoms with Gasteiger partial charge in [0.05, 0.1) is 7.18 Å². The lowest BCUT2D eigenvalue weighted by Gasteiger charge is -2.17. The lowest BCUT2D eigenvalue weighted by molar-refractivity contribution is 0.352. The Hall–Kier alpha value is -0.0700. The zero-order valence-corrected chi connectivity index (χ0v) is 10.3. The van der Waals surface area contributed by atoms with Crippen LogP contribution in [-0.2, 0) is 0 Å². The number of unbranched alkanes of at least 4 members (excludes halogenated alkanes) is 1. The molecule has 0 saturated heterocycles. The van der Waals surface area contributed by atoms with Crippen LogP contribution < -0.4 is 0 Å². The maximum Gasteiger partial charge on any atom is 0.0785 e. The van der Waals surface area contributed by atoms with Crippen LogP contribution in [0.1, 0.15) is 60.3 Å². The van der Waals surface area contributed by atoms with E-state index >= 15 is 0 Å². The normalized spacial score (nSPS) is 11.1. The van der Waals surface area contributed by atoms with Gasteiger partial charge >= 0.3 is 0 Å². The highest BCUT2D eigenvalue weighted by Crippen LogP contribution is 2.22. The number of alkyl halides is 1. The van der Waals surface area contributed by atoms with E-state index in [1.165, 1.54) is 25.7 Å². The smallest absolute Gasteiger partial charge is 0.0785 e. The van der Waals surface area contributed by atoms with Gasteiger partial charge in [-0.2, -0.15) is 0 Å². The van der Waals surface area contributed by atoms with Gasteiger partial charge in [-0.1, -0.05) is 53.9 Å². The summed E-state index contributed by atoms with van der Waals surface area (Å²) in [5, 5.41) is 0. The minimum Gasteiger partial charge on any atom is -0.255 e. The molecule has 0 aromatic rings. The first-order chi connectivity index (χ1) is 5.92. The van der Waals surface area contributed by atoms with Crippen molar-refractivity contribution in [3.63, 3.8) is 0 Å². The highest BCUT2D eigenvalue weighted by molar-refractivity contribution is 4.61. The Morgan fingerprint density at radius 2 is 1.46 bits per heavy atom. The van der Waals surface area contributed by atoms with Crippen LogP contribution in [-0.4, -0.2) is 7.18 Å². The van der Waals surface area contributed by atoms with E-state index in [4.69, 9.17) is 0 Å². The third-order valence-corrected chi connectivity index (χ3v) is 1.96. The van der Waals surface area contributed by atoms with E-state index in [-0.39, 0.29) is 0 Å². The predicted molar refractivity (Wildman–Crippen MR) is 59.8 cm³/mol. The third-order valence-electron chi connectivity index (χ3n) is 1.96. The van der Waals surface area contributed by atoms with Crippen LogP contribution in [0.5, 0.6) is 0 Å². The summed E-state index contributed by atoms with van der Waals surface area (Å²) in [6.45, 7) is 11.6. The molecular formula is C12H27F. The summed E-state index contributed by atoms with van der Waals surface area (Å²) >= 11 is 0. The zero-order chi connectivity index (χ0) is 10.9. The van der Waals surface area contributed by atoms with Gasteiger partial charge < -0.3 is 0 Å². The molecule has 13 heavy (non-hydrogen) atoms. The molecule has 0 rings (SSSR count). The summed E-state index contributed by atoms with van der Waals surface area (Å²) < 4.78 is 9.50. The van der Waals surface area contributed by atoms with E-state index < -0.39 is 0 Å². The van der Waals surface area contributed by atoms with Crippen LogP contribution in [0.25, 0.3) is 0 Å². The standard InChI is InChI=1S/C11H24.CH3F/c1-10(2)8-6-7-9-11(3,4)5;1-2/h10H,6-9H2,1-5H3;1H3. The van der Waals surface area contributed by atoms with Crippen LogP contribution in [0.15, 0.2) is 0 Å². The van der Waals surface area contributed by atoms with Crippen molar-refractivity contribution in [2.24, 2.45) is 11.3 Å². The molecule has 0 amide bonds. The quantitative estimate of drug-likeness (QED) is 0.557. The monoisotopic (exact) mass is 190 g/mol. The summed E-state index contributed by atoms with van der Waals surface area (Å²) in [6, 6.07) is 0. The molecule has 0 N–H and O–H groups in total. The Morgan fingerprint density at radius 1 is 1.00 bits per heavy atom. The second-order valence-corrected chi connectivity index (χ2v) is 5.20. The van der Waals surface area contributed by atoms with Crippen molar-refractivity contribution in [2.45, 2.75) is 60.3 Å². The van der Waals surface area contributed by atoms with Crippen molar-refractivity contribution in [1.82, 2.24) is 0 Å². The SMILES string of the molecule is CC(C)CCCCC(C)(C)C.CF. The molecule has 0 spiro atoms. The van der Waals surface area contributed by atoms with Crippen molar-refractivity contribution in [2.75, 3.05) is 7.18 Å². The topological polar surface area (TPSA) is 0 Å². The molecule has 0 saturated carbocycles. The summed E-state index contributed by atoms with van der Waals surface area (Å²) in [5.41, 5.74) is 0.539. The average molecular weight is 190 g/mol. The summed E-state index contributed by atoms with van der Waals surface area (Å²) in [4.78, 5) is 0. The Labute approximate surface area is 83.9 Å². The van der Waals surface area contributed by atoms with Crippen LogP contribution in [0, 0.1) is 11.3 Å². The van der Waals surface area contributed by atoms with E-state index in [2.05, 4.69) is 34.6 Å². The first-order valence-corrected chi connectivity index (χ1v) is 5.29. The predicted octanol–water partition coefficient (Wildman–Crippen LogP) is 4.83. The molecule has 0 aromatic carbocycles. The van der Waals surface area contributed by atoms with E-state index in [0.29, 0.717) is 12.6 Å². The van der Waals surface area contributed by atoms with Crippen LogP contribution in [0.2, 0.25) is 0 Å². The lowest BCUT2D eigenvalue weighted by Crippen LogP contribution is -2.04. The van der Waals surface area contributed by atoms with Gasteiger partial charge in [-0.15, -0.1) is 0 Å². The second-order valence-electron chi connectivity index (χ2n) is 5.20. The molecule has 0 aliphatic heterocycles. The van der Waals surface area contributed by atoms with Crippen molar-refractivity contribution in [3.05, 3.63) is 0 Å². The number of halogens is 1. The molecule has 0 aliphatic carbocycles. The first-order valence-electron chi connectivity index (χ1n) is 5.29. The third kappa shape index (κ3) is 18.7. The Morgan fingerprint density at radius 3 is 1.77 bits per heavy atom. The molecular weight excluding hydrogens is 163 g/mol. The zero-order valence-electron chi connectivity index (χ0n) is 10.3. The van der Waals surface area contributed by atoms with Gasteiger partial charge in [0.2, 0.25) is 0 Å². The summed E-state index contributed by atoms with van der Waals surface area (Å²) in [5.74, 6) is 0.884. The van der Waals surface area contributed by atoms with E-state index in [0.717, 1.165) is 5.92 Å². The molecule has 0 bridgehead atoms.